The Morgan fingerprint density at radius 3 is 2.01 bits per heavy atom. The molecule has 0 radical (unpaired) electrons. The fourth-order valence-electron chi connectivity index (χ4n) is 8.48. The first-order valence-electron chi connectivity index (χ1n) is 24.6. The van der Waals surface area contributed by atoms with Crippen molar-refractivity contribution < 1.29 is 50.6 Å². The number of hydrogen-bond acceptors (Lipinski definition) is 19. The Labute approximate surface area is 436 Å². The number of aryl methyl sites for hydroxylation is 1. The van der Waals surface area contributed by atoms with Crippen LogP contribution in [-0.2, 0) is 70.9 Å². The number of anilines is 3. The fourth-order valence-corrected chi connectivity index (χ4v) is 15.0. The molecular weight excluding hydrogens is 1050 g/mol. The first-order chi connectivity index (χ1) is 33.2. The summed E-state index contributed by atoms with van der Waals surface area (Å²) in [7, 11) is -7.35. The van der Waals surface area contributed by atoms with Crippen LogP contribution in [0.1, 0.15) is 86.8 Å². The van der Waals surface area contributed by atoms with Crippen molar-refractivity contribution in [3.8, 4) is 0 Å². The van der Waals surface area contributed by atoms with Gasteiger partial charge in [0.05, 0.1) is 31.5 Å². The Balaban J connectivity index is 1.16. The van der Waals surface area contributed by atoms with Crippen LogP contribution < -0.4 is 16.4 Å². The van der Waals surface area contributed by atoms with Crippen molar-refractivity contribution in [1.82, 2.24) is 34.1 Å². The van der Waals surface area contributed by atoms with Crippen LogP contribution in [0.2, 0.25) is 54.4 Å². The zero-order valence-corrected chi connectivity index (χ0v) is 50.7. The predicted molar refractivity (Wildman–Crippen MR) is 292 cm³/mol. The van der Waals surface area contributed by atoms with E-state index < -0.39 is 87.5 Å². The third-order valence-electron chi connectivity index (χ3n) is 15.6. The van der Waals surface area contributed by atoms with Crippen LogP contribution in [0.25, 0.3) is 22.2 Å². The van der Waals surface area contributed by atoms with Crippen molar-refractivity contribution >= 4 is 102 Å². The predicted octanol–water partition coefficient (Wildman–Crippen LogP) is 8.47. The highest BCUT2D eigenvalue weighted by atomic mass is 32.5. The van der Waals surface area contributed by atoms with Gasteiger partial charge in [-0.15, -0.1) is 0 Å². The lowest BCUT2D eigenvalue weighted by atomic mass is 10.1. The van der Waals surface area contributed by atoms with E-state index in [1.165, 1.54) is 12.7 Å². The lowest BCUT2D eigenvalue weighted by Gasteiger charge is -2.41. The van der Waals surface area contributed by atoms with E-state index in [1.54, 1.807) is 4.57 Å². The summed E-state index contributed by atoms with van der Waals surface area (Å²) in [6.07, 6.45) is -1.28. The summed E-state index contributed by atoms with van der Waals surface area (Å²) in [6.45, 7) is 24.7. The molecule has 21 nitrogen and oxygen atoms in total. The quantitative estimate of drug-likeness (QED) is 0.0537. The number of hydrogen-bond donors (Lipinski definition) is 5. The lowest BCUT2D eigenvalue weighted by molar-refractivity contribution is -0.0604. The van der Waals surface area contributed by atoms with E-state index in [1.807, 2.05) is 10.8 Å². The first kappa shape index (κ1) is 56.3. The second-order valence-corrected chi connectivity index (χ2v) is 43.7. The van der Waals surface area contributed by atoms with Crippen LogP contribution in [0, 0.1) is 0 Å². The molecule has 2 unspecified atom stereocenters. The standard InChI is InChI=1S/C44H76N10O11P2S2Si3/c1-42(2,3)70(10,11)59-20-19-47-36-30-38(52-41(45)51-36)54(25-50-30)39-33-32(64-71(12,13)43(4,5)6)28(61-39)23-58-66(55,68)62-31-27(22-57-67(56,69)63-33)60-40(34(31)65-72(14,15)44(7,8)9)53-21-26-17-16-18-46-35-29(26)37(53)49-24-48-35/h21,24-25,27-28,31-34,39-40H,16-20,22-23H2,1-15H3,(H,55,68)(H,56,69)(H,46,48,49)(H3,45,47,51,52)/t27-,28-,31-,32-,33-,34-,39-,40-,66?,67?/m1/s1. The highest BCUT2D eigenvalue weighted by Crippen LogP contribution is 2.56. The maximum Gasteiger partial charge on any atom is 0.325 e. The number of aromatic nitrogens is 7. The van der Waals surface area contributed by atoms with Crippen molar-refractivity contribution in [3.05, 3.63) is 24.4 Å². The average molecular weight is 1130 g/mol. The van der Waals surface area contributed by atoms with Gasteiger partial charge in [-0.2, -0.15) is 9.97 Å². The van der Waals surface area contributed by atoms with E-state index in [-0.39, 0.29) is 34.3 Å². The monoisotopic (exact) mass is 1130 g/mol. The highest BCUT2D eigenvalue weighted by Gasteiger charge is 2.57. The minimum atomic E-state index is -4.26. The maximum atomic E-state index is 12.3. The van der Waals surface area contributed by atoms with E-state index >= 15 is 0 Å². The minimum absolute atomic E-state index is 0.0190. The zero-order valence-electron chi connectivity index (χ0n) is 44.3. The van der Waals surface area contributed by atoms with E-state index in [9.17, 15) is 9.79 Å². The molecule has 0 amide bonds. The van der Waals surface area contributed by atoms with Gasteiger partial charge in [-0.3, -0.25) is 13.6 Å². The molecule has 72 heavy (non-hydrogen) atoms. The topological polar surface area (TPSA) is 248 Å². The van der Waals surface area contributed by atoms with Crippen molar-refractivity contribution in [2.24, 2.45) is 0 Å². The molecule has 10 atom stereocenters. The molecule has 0 spiro atoms. The molecule has 402 valence electrons. The van der Waals surface area contributed by atoms with E-state index in [4.69, 9.17) is 80.2 Å². The third-order valence-corrected chi connectivity index (χ3v) is 32.2. The summed E-state index contributed by atoms with van der Waals surface area (Å²) in [4.78, 5) is 47.7. The van der Waals surface area contributed by atoms with Gasteiger partial charge >= 0.3 is 13.4 Å². The van der Waals surface area contributed by atoms with E-state index in [2.05, 4.69) is 127 Å². The largest absolute Gasteiger partial charge is 0.415 e. The summed E-state index contributed by atoms with van der Waals surface area (Å²) in [5.74, 6) is 1.11. The van der Waals surface area contributed by atoms with E-state index in [0.717, 1.165) is 36.2 Å². The van der Waals surface area contributed by atoms with Gasteiger partial charge < -0.3 is 62.5 Å². The van der Waals surface area contributed by atoms with Crippen molar-refractivity contribution in [2.75, 3.05) is 49.3 Å². The Bertz CT molecular complexity index is 2740. The van der Waals surface area contributed by atoms with Gasteiger partial charge in [0.25, 0.3) is 0 Å². The van der Waals surface area contributed by atoms with Crippen LogP contribution >= 0.6 is 13.4 Å². The molecule has 4 aliphatic rings. The first-order valence-corrected chi connectivity index (χ1v) is 38.5. The number of rotatable bonds is 11. The Morgan fingerprint density at radius 1 is 0.778 bits per heavy atom. The van der Waals surface area contributed by atoms with Crippen molar-refractivity contribution in [1.29, 1.82) is 0 Å². The molecule has 28 heteroatoms. The number of fused-ring (bicyclic) bond motifs is 4. The van der Waals surface area contributed by atoms with Gasteiger partial charge in [-0.05, 0) is 96.4 Å². The molecular formula is C44H76N10O11P2S2Si3. The maximum absolute atomic E-state index is 12.3. The number of nitrogens with zero attached hydrogens (tertiary/aromatic N) is 7. The van der Waals surface area contributed by atoms with Gasteiger partial charge in [0.1, 0.15) is 54.4 Å². The van der Waals surface area contributed by atoms with Crippen molar-refractivity contribution in [3.63, 3.8) is 0 Å². The van der Waals surface area contributed by atoms with Crippen LogP contribution in [0.4, 0.5) is 17.6 Å². The number of nitrogens with one attached hydrogen (secondary N) is 2. The van der Waals surface area contributed by atoms with Crippen LogP contribution in [0.5, 0.6) is 0 Å². The summed E-state index contributed by atoms with van der Waals surface area (Å²) in [6, 6.07) is 0. The highest BCUT2D eigenvalue weighted by molar-refractivity contribution is 8.07. The SMILES string of the molecule is CC(C)(C)[Si](C)(C)OCCNc1nc(N)nc2c1ncn2[C@@H]1O[C@@H]2COP(O)(=S)O[C@H]3[C@@H](O[Si](C)(C)C(C)(C)C)[C@H](n4cc5c6c(ncnc64)NCCC5)O[C@@H]3COP(O)(=S)O[C@@H]1[C@@H]2O[Si](C)(C)C(C)(C)C. The third kappa shape index (κ3) is 11.5. The number of nitrogen functional groups attached to an aromatic ring is 1. The molecule has 6 N–H and O–H groups in total. The van der Waals surface area contributed by atoms with E-state index in [0.29, 0.717) is 35.8 Å². The second-order valence-electron chi connectivity index (χ2n) is 23.8. The van der Waals surface area contributed by atoms with Crippen LogP contribution in [0.15, 0.2) is 18.9 Å². The Morgan fingerprint density at radius 2 is 1.38 bits per heavy atom. The number of imidazole rings is 1. The second kappa shape index (κ2) is 20.1. The van der Waals surface area contributed by atoms with Gasteiger partial charge in [-0.25, -0.2) is 15.0 Å². The molecule has 3 fully saturated rings. The molecule has 8 heterocycles. The minimum Gasteiger partial charge on any atom is -0.415 e. The molecule has 0 saturated carbocycles. The molecule has 4 aliphatic heterocycles. The van der Waals surface area contributed by atoms with Gasteiger partial charge in [0.15, 0.2) is 54.4 Å². The van der Waals surface area contributed by atoms with Crippen molar-refractivity contribution in [2.45, 2.75) is 179 Å². The molecule has 0 aromatic carbocycles. The smallest absolute Gasteiger partial charge is 0.325 e. The normalized spacial score (nSPS) is 30.3. The molecule has 3 saturated heterocycles. The molecule has 8 rings (SSSR count). The fraction of sp³-hybridized carbons (Fsp3) is 0.750. The molecule has 2 bridgehead atoms. The Kier molecular flexibility index (Phi) is 15.7. The molecule has 0 aliphatic carbocycles. The average Bonchev–Trinajstić information content (AvgIpc) is 3.96. The lowest BCUT2D eigenvalue weighted by Crippen LogP contribution is -2.50. The summed E-state index contributed by atoms with van der Waals surface area (Å²) in [5.41, 5.74) is 8.77. The number of ether oxygens (including phenoxy) is 2. The van der Waals surface area contributed by atoms with Gasteiger partial charge in [0.2, 0.25) is 5.95 Å². The van der Waals surface area contributed by atoms with Gasteiger partial charge in [0, 0.05) is 19.3 Å². The summed E-state index contributed by atoms with van der Waals surface area (Å²) < 4.78 is 64.1. The van der Waals surface area contributed by atoms with Crippen LogP contribution in [0.3, 0.4) is 0 Å². The Hall–Kier alpha value is -1.92. The summed E-state index contributed by atoms with van der Waals surface area (Å²) >= 11 is 11.8. The van der Waals surface area contributed by atoms with Crippen LogP contribution in [-0.4, -0.2) is 138 Å². The molecule has 4 aromatic heterocycles. The number of nitrogens with two attached hydrogens (primary N) is 1. The molecule has 4 aromatic rings. The zero-order chi connectivity index (χ0) is 52.8. The summed E-state index contributed by atoms with van der Waals surface area (Å²) in [5, 5.41) is 7.16. The van der Waals surface area contributed by atoms with Gasteiger partial charge in [-0.1, -0.05) is 62.3 Å².